The van der Waals surface area contributed by atoms with Gasteiger partial charge in [-0.05, 0) is 13.0 Å². The predicted molar refractivity (Wildman–Crippen MR) is 54.4 cm³/mol. The van der Waals surface area contributed by atoms with Crippen molar-refractivity contribution < 1.29 is 22.7 Å². The standard InChI is InChI=1S/C9H17F3O2Si/c1-4-14-8(13)7-15(2,3)6-5-9(10,11)12/h4-7H2,1-3H3. The third kappa shape index (κ3) is 8.47. The maximum atomic E-state index is 12.0. The van der Waals surface area contributed by atoms with Crippen molar-refractivity contribution in [1.29, 1.82) is 0 Å². The summed E-state index contributed by atoms with van der Waals surface area (Å²) in [7, 11) is -2.11. The van der Waals surface area contributed by atoms with Crippen LogP contribution in [0.4, 0.5) is 13.2 Å². The molecule has 0 aromatic rings. The minimum absolute atomic E-state index is 0.0787. The molecule has 0 heterocycles. The number of alkyl halides is 3. The average molecular weight is 242 g/mol. The van der Waals surface area contributed by atoms with Gasteiger partial charge in [-0.2, -0.15) is 13.2 Å². The van der Waals surface area contributed by atoms with Crippen LogP contribution in [0, 0.1) is 0 Å². The van der Waals surface area contributed by atoms with Crippen LogP contribution in [0.15, 0.2) is 0 Å². The number of carbonyl (C=O) groups excluding carboxylic acids is 1. The minimum Gasteiger partial charge on any atom is -0.466 e. The third-order valence-corrected chi connectivity index (χ3v) is 4.86. The molecule has 0 saturated heterocycles. The Morgan fingerprint density at radius 2 is 1.87 bits per heavy atom. The highest BCUT2D eigenvalue weighted by Crippen LogP contribution is 2.28. The SMILES string of the molecule is CCOC(=O)C[Si](C)(C)CCC(F)(F)F. The number of esters is 1. The summed E-state index contributed by atoms with van der Waals surface area (Å²) in [5.74, 6) is -0.378. The molecule has 0 fully saturated rings. The molecule has 0 aromatic heterocycles. The van der Waals surface area contributed by atoms with Gasteiger partial charge < -0.3 is 4.74 Å². The van der Waals surface area contributed by atoms with Crippen molar-refractivity contribution in [3.63, 3.8) is 0 Å². The molecule has 0 radical (unpaired) electrons. The number of hydrogen-bond donors (Lipinski definition) is 0. The smallest absolute Gasteiger partial charge is 0.388 e. The van der Waals surface area contributed by atoms with Crippen molar-refractivity contribution in [3.05, 3.63) is 0 Å². The van der Waals surface area contributed by atoms with E-state index >= 15 is 0 Å². The molecule has 0 aliphatic heterocycles. The molecule has 2 nitrogen and oxygen atoms in total. The minimum atomic E-state index is -4.13. The van der Waals surface area contributed by atoms with Gasteiger partial charge in [-0.25, -0.2) is 0 Å². The van der Waals surface area contributed by atoms with Crippen LogP contribution in [-0.4, -0.2) is 26.8 Å². The van der Waals surface area contributed by atoms with E-state index in [0.717, 1.165) is 0 Å². The Kier molecular flexibility index (Phi) is 5.34. The van der Waals surface area contributed by atoms with Crippen LogP contribution >= 0.6 is 0 Å². The van der Waals surface area contributed by atoms with E-state index < -0.39 is 20.7 Å². The molecule has 0 bridgehead atoms. The zero-order valence-electron chi connectivity index (χ0n) is 9.28. The summed E-state index contributed by atoms with van der Waals surface area (Å²) in [5, 5.41) is 0. The van der Waals surface area contributed by atoms with Crippen molar-refractivity contribution in [2.45, 2.75) is 44.7 Å². The van der Waals surface area contributed by atoms with Crippen LogP contribution in [-0.2, 0) is 9.53 Å². The highest BCUT2D eigenvalue weighted by molar-refractivity contribution is 6.79. The first kappa shape index (κ1) is 14.5. The molecule has 0 amide bonds. The van der Waals surface area contributed by atoms with E-state index in [-0.39, 0.29) is 24.7 Å². The first-order chi connectivity index (χ1) is 6.66. The summed E-state index contributed by atoms with van der Waals surface area (Å²) < 4.78 is 40.7. The van der Waals surface area contributed by atoms with E-state index in [1.807, 2.05) is 0 Å². The fourth-order valence-corrected chi connectivity index (χ4v) is 3.19. The lowest BCUT2D eigenvalue weighted by Gasteiger charge is -2.21. The summed E-state index contributed by atoms with van der Waals surface area (Å²) in [6, 6.07) is 0.242. The summed E-state index contributed by atoms with van der Waals surface area (Å²) in [6.45, 7) is 5.51. The number of rotatable bonds is 5. The van der Waals surface area contributed by atoms with Crippen molar-refractivity contribution in [2.24, 2.45) is 0 Å². The normalized spacial score (nSPS) is 12.7. The molecule has 0 unspecified atom stereocenters. The Morgan fingerprint density at radius 3 is 2.27 bits per heavy atom. The van der Waals surface area contributed by atoms with E-state index in [1.54, 1.807) is 20.0 Å². The molecule has 0 saturated carbocycles. The van der Waals surface area contributed by atoms with Gasteiger partial charge in [-0.3, -0.25) is 4.79 Å². The number of carbonyl (C=O) groups is 1. The highest BCUT2D eigenvalue weighted by atomic mass is 28.3. The van der Waals surface area contributed by atoms with Gasteiger partial charge in [0.2, 0.25) is 0 Å². The molecular weight excluding hydrogens is 225 g/mol. The first-order valence-electron chi connectivity index (χ1n) is 4.89. The predicted octanol–water partition coefficient (Wildman–Crippen LogP) is 3.21. The van der Waals surface area contributed by atoms with Gasteiger partial charge >= 0.3 is 12.1 Å². The van der Waals surface area contributed by atoms with Crippen molar-refractivity contribution in [3.8, 4) is 0 Å². The van der Waals surface area contributed by atoms with E-state index in [1.165, 1.54) is 0 Å². The van der Waals surface area contributed by atoms with Gasteiger partial charge in [-0.1, -0.05) is 13.1 Å². The second-order valence-electron chi connectivity index (χ2n) is 4.26. The van der Waals surface area contributed by atoms with Crippen LogP contribution in [0.2, 0.25) is 25.2 Å². The van der Waals surface area contributed by atoms with Gasteiger partial charge in [0, 0.05) is 12.5 Å². The highest BCUT2D eigenvalue weighted by Gasteiger charge is 2.33. The molecular formula is C9H17F3O2Si. The van der Waals surface area contributed by atoms with Gasteiger partial charge in [-0.15, -0.1) is 0 Å². The van der Waals surface area contributed by atoms with Crippen LogP contribution < -0.4 is 0 Å². The maximum absolute atomic E-state index is 12.0. The van der Waals surface area contributed by atoms with E-state index in [2.05, 4.69) is 0 Å². The topological polar surface area (TPSA) is 26.3 Å². The summed E-state index contributed by atoms with van der Waals surface area (Å²) in [4.78, 5) is 11.1. The quantitative estimate of drug-likeness (QED) is 0.546. The van der Waals surface area contributed by atoms with Gasteiger partial charge in [0.05, 0.1) is 14.7 Å². The molecule has 15 heavy (non-hydrogen) atoms. The van der Waals surface area contributed by atoms with Crippen LogP contribution in [0.5, 0.6) is 0 Å². The number of ether oxygens (including phenoxy) is 1. The Hall–Kier alpha value is -0.523. The lowest BCUT2D eigenvalue weighted by Crippen LogP contribution is -2.31. The second-order valence-corrected chi connectivity index (χ2v) is 9.44. The number of halogens is 3. The van der Waals surface area contributed by atoms with Crippen LogP contribution in [0.1, 0.15) is 13.3 Å². The van der Waals surface area contributed by atoms with E-state index in [4.69, 9.17) is 4.74 Å². The molecule has 0 spiro atoms. The molecule has 0 atom stereocenters. The van der Waals surface area contributed by atoms with E-state index in [9.17, 15) is 18.0 Å². The van der Waals surface area contributed by atoms with Gasteiger partial charge in [0.25, 0.3) is 0 Å². The lowest BCUT2D eigenvalue weighted by molar-refractivity contribution is -0.140. The Bertz CT molecular complexity index is 214. The zero-order chi connectivity index (χ0) is 12.1. The van der Waals surface area contributed by atoms with Crippen molar-refractivity contribution in [1.82, 2.24) is 0 Å². The summed E-state index contributed by atoms with van der Waals surface area (Å²) in [6.07, 6.45) is -4.93. The number of hydrogen-bond acceptors (Lipinski definition) is 2. The molecule has 90 valence electrons. The zero-order valence-corrected chi connectivity index (χ0v) is 10.3. The Labute approximate surface area is 88.8 Å². The second kappa shape index (κ2) is 5.53. The van der Waals surface area contributed by atoms with Crippen molar-refractivity contribution >= 4 is 14.0 Å². The summed E-state index contributed by atoms with van der Waals surface area (Å²) in [5.41, 5.74) is 0. The lowest BCUT2D eigenvalue weighted by atomic mass is 10.5. The molecule has 0 rings (SSSR count). The molecule has 0 aromatic carbocycles. The van der Waals surface area contributed by atoms with Crippen LogP contribution in [0.25, 0.3) is 0 Å². The molecule has 0 aliphatic carbocycles. The fraction of sp³-hybridized carbons (Fsp3) is 0.889. The average Bonchev–Trinajstić information content (AvgIpc) is 1.99. The van der Waals surface area contributed by atoms with Gasteiger partial charge in [0.1, 0.15) is 0 Å². The first-order valence-corrected chi connectivity index (χ1v) is 8.30. The molecule has 6 heteroatoms. The molecule has 0 N–H and O–H groups in total. The Morgan fingerprint density at radius 1 is 1.33 bits per heavy atom. The van der Waals surface area contributed by atoms with Crippen molar-refractivity contribution in [2.75, 3.05) is 6.61 Å². The third-order valence-electron chi connectivity index (χ3n) is 2.01. The maximum Gasteiger partial charge on any atom is 0.388 e. The fourth-order valence-electron chi connectivity index (χ4n) is 1.17. The Balaban J connectivity index is 4.02. The monoisotopic (exact) mass is 242 g/mol. The van der Waals surface area contributed by atoms with E-state index in [0.29, 0.717) is 0 Å². The van der Waals surface area contributed by atoms with Crippen LogP contribution in [0.3, 0.4) is 0 Å². The summed E-state index contributed by atoms with van der Waals surface area (Å²) >= 11 is 0. The molecule has 0 aliphatic rings. The van der Waals surface area contributed by atoms with Gasteiger partial charge in [0.15, 0.2) is 0 Å². The largest absolute Gasteiger partial charge is 0.466 e.